The molecule has 0 aliphatic rings. The van der Waals surface area contributed by atoms with Gasteiger partial charge in [0.2, 0.25) is 0 Å². The number of benzene rings is 3. The lowest BCUT2D eigenvalue weighted by Gasteiger charge is -2.06. The number of rotatable bonds is 4. The molecular weight excluding hydrogens is 368 g/mol. The van der Waals surface area contributed by atoms with Gasteiger partial charge in [0.25, 0.3) is 5.91 Å². The Morgan fingerprint density at radius 3 is 2.46 bits per heavy atom. The van der Waals surface area contributed by atoms with Gasteiger partial charge >= 0.3 is 0 Å². The first-order valence-electron chi connectivity index (χ1n) is 7.88. The topological polar surface area (TPSA) is 51.2 Å². The van der Waals surface area contributed by atoms with E-state index in [1.807, 2.05) is 42.5 Å². The Hall–Kier alpha value is -2.89. The van der Waals surface area contributed by atoms with Crippen molar-refractivity contribution >= 4 is 44.2 Å². The second-order valence-corrected chi connectivity index (χ2v) is 6.99. The van der Waals surface area contributed by atoms with Crippen LogP contribution in [0.5, 0.6) is 11.5 Å². The van der Waals surface area contributed by atoms with Gasteiger partial charge in [-0.05, 0) is 54.6 Å². The van der Waals surface area contributed by atoms with E-state index < -0.39 is 0 Å². The predicted octanol–water partition coefficient (Wildman–Crippen LogP) is 5.99. The van der Waals surface area contributed by atoms with Crippen molar-refractivity contribution in [2.75, 3.05) is 5.32 Å². The second-order valence-electron chi connectivity index (χ2n) is 5.52. The Balaban J connectivity index is 1.47. The van der Waals surface area contributed by atoms with Gasteiger partial charge in [-0.15, -0.1) is 0 Å². The number of aromatic nitrogens is 1. The number of para-hydroxylation sites is 1. The van der Waals surface area contributed by atoms with Gasteiger partial charge in [-0.2, -0.15) is 0 Å². The third kappa shape index (κ3) is 3.69. The molecule has 0 atom stereocenters. The van der Waals surface area contributed by atoms with E-state index in [0.717, 1.165) is 16.0 Å². The summed E-state index contributed by atoms with van der Waals surface area (Å²) in [7, 11) is 0. The molecule has 4 rings (SSSR count). The van der Waals surface area contributed by atoms with Gasteiger partial charge in [-0.1, -0.05) is 41.1 Å². The number of hydrogen-bond donors (Lipinski definition) is 1. The first kappa shape index (κ1) is 16.6. The van der Waals surface area contributed by atoms with Crippen molar-refractivity contribution in [1.29, 1.82) is 0 Å². The minimum atomic E-state index is -0.221. The fourth-order valence-electron chi connectivity index (χ4n) is 2.42. The average Bonchev–Trinajstić information content (AvgIpc) is 3.04. The Labute approximate surface area is 159 Å². The molecule has 0 fully saturated rings. The van der Waals surface area contributed by atoms with E-state index in [4.69, 9.17) is 16.3 Å². The highest BCUT2D eigenvalue weighted by Crippen LogP contribution is 2.29. The summed E-state index contributed by atoms with van der Waals surface area (Å²) in [6, 6.07) is 21.9. The Bertz CT molecular complexity index is 1060. The fourth-order valence-corrected chi connectivity index (χ4v) is 3.56. The molecule has 1 aromatic heterocycles. The Kier molecular flexibility index (Phi) is 4.56. The van der Waals surface area contributed by atoms with Crippen LogP contribution in [0.2, 0.25) is 5.02 Å². The highest BCUT2D eigenvalue weighted by Gasteiger charge is 2.10. The van der Waals surface area contributed by atoms with Crippen LogP contribution in [0.4, 0.5) is 5.13 Å². The standard InChI is InChI=1S/C20H13ClN2O2S/c21-14-8-11-17-18(12-14)26-20(22-17)23-19(24)13-6-9-16(10-7-13)25-15-4-2-1-3-5-15/h1-12H,(H,22,23,24). The SMILES string of the molecule is O=C(Nc1nc2ccc(Cl)cc2s1)c1ccc(Oc2ccccc2)cc1. The minimum absolute atomic E-state index is 0.221. The zero-order chi connectivity index (χ0) is 17.9. The van der Waals surface area contributed by atoms with Gasteiger partial charge in [0.05, 0.1) is 10.2 Å². The molecule has 0 saturated carbocycles. The number of carbonyl (C=O) groups is 1. The summed E-state index contributed by atoms with van der Waals surface area (Å²) in [6.07, 6.45) is 0. The lowest BCUT2D eigenvalue weighted by atomic mass is 10.2. The van der Waals surface area contributed by atoms with Crippen LogP contribution in [0.15, 0.2) is 72.8 Å². The number of fused-ring (bicyclic) bond motifs is 1. The smallest absolute Gasteiger partial charge is 0.257 e. The van der Waals surface area contributed by atoms with E-state index in [1.165, 1.54) is 11.3 Å². The summed E-state index contributed by atoms with van der Waals surface area (Å²) < 4.78 is 6.66. The van der Waals surface area contributed by atoms with E-state index in [9.17, 15) is 4.79 Å². The molecule has 1 heterocycles. The molecule has 26 heavy (non-hydrogen) atoms. The van der Waals surface area contributed by atoms with Crippen LogP contribution in [-0.4, -0.2) is 10.9 Å². The number of thiazole rings is 1. The molecule has 0 bridgehead atoms. The summed E-state index contributed by atoms with van der Waals surface area (Å²) in [4.78, 5) is 16.8. The molecule has 4 nitrogen and oxygen atoms in total. The number of nitrogens with zero attached hydrogens (tertiary/aromatic N) is 1. The third-order valence-electron chi connectivity index (χ3n) is 3.67. The lowest BCUT2D eigenvalue weighted by Crippen LogP contribution is -2.11. The molecule has 128 valence electrons. The maximum Gasteiger partial charge on any atom is 0.257 e. The van der Waals surface area contributed by atoms with E-state index >= 15 is 0 Å². The van der Waals surface area contributed by atoms with Crippen molar-refractivity contribution in [3.8, 4) is 11.5 Å². The van der Waals surface area contributed by atoms with Gasteiger partial charge in [-0.3, -0.25) is 10.1 Å². The molecule has 4 aromatic rings. The molecule has 0 radical (unpaired) electrons. The van der Waals surface area contributed by atoms with Gasteiger partial charge in [0, 0.05) is 10.6 Å². The summed E-state index contributed by atoms with van der Waals surface area (Å²) in [5.41, 5.74) is 1.34. The summed E-state index contributed by atoms with van der Waals surface area (Å²) in [5, 5.41) is 4.01. The van der Waals surface area contributed by atoms with E-state index in [1.54, 1.807) is 30.3 Å². The number of anilines is 1. The van der Waals surface area contributed by atoms with Gasteiger partial charge in [0.15, 0.2) is 5.13 Å². The van der Waals surface area contributed by atoms with Crippen LogP contribution in [0, 0.1) is 0 Å². The lowest BCUT2D eigenvalue weighted by molar-refractivity contribution is 0.102. The van der Waals surface area contributed by atoms with Crippen LogP contribution in [-0.2, 0) is 0 Å². The van der Waals surface area contributed by atoms with Gasteiger partial charge in [-0.25, -0.2) is 4.98 Å². The molecule has 6 heteroatoms. The van der Waals surface area contributed by atoms with Crippen LogP contribution >= 0.6 is 22.9 Å². The number of carbonyl (C=O) groups excluding carboxylic acids is 1. The summed E-state index contributed by atoms with van der Waals surface area (Å²) in [5.74, 6) is 1.20. The summed E-state index contributed by atoms with van der Waals surface area (Å²) in [6.45, 7) is 0. The first-order valence-corrected chi connectivity index (χ1v) is 9.07. The normalized spacial score (nSPS) is 10.7. The summed E-state index contributed by atoms with van der Waals surface area (Å²) >= 11 is 7.37. The third-order valence-corrected chi connectivity index (χ3v) is 4.84. The van der Waals surface area contributed by atoms with Crippen molar-refractivity contribution < 1.29 is 9.53 Å². The van der Waals surface area contributed by atoms with Crippen molar-refractivity contribution in [3.63, 3.8) is 0 Å². The molecule has 1 amide bonds. The first-order chi connectivity index (χ1) is 12.7. The largest absolute Gasteiger partial charge is 0.457 e. The molecule has 1 N–H and O–H groups in total. The van der Waals surface area contributed by atoms with Crippen LogP contribution in [0.25, 0.3) is 10.2 Å². The van der Waals surface area contributed by atoms with Gasteiger partial charge in [0.1, 0.15) is 11.5 Å². The zero-order valence-corrected chi connectivity index (χ0v) is 15.1. The maximum atomic E-state index is 12.4. The molecule has 3 aromatic carbocycles. The van der Waals surface area contributed by atoms with Crippen molar-refractivity contribution in [1.82, 2.24) is 4.98 Å². The quantitative estimate of drug-likeness (QED) is 0.472. The monoisotopic (exact) mass is 380 g/mol. The Morgan fingerprint density at radius 2 is 1.69 bits per heavy atom. The predicted molar refractivity (Wildman–Crippen MR) is 106 cm³/mol. The minimum Gasteiger partial charge on any atom is -0.457 e. The number of hydrogen-bond acceptors (Lipinski definition) is 4. The molecule has 0 aliphatic carbocycles. The molecular formula is C20H13ClN2O2S. The highest BCUT2D eigenvalue weighted by molar-refractivity contribution is 7.22. The van der Waals surface area contributed by atoms with Crippen molar-refractivity contribution in [2.24, 2.45) is 0 Å². The zero-order valence-electron chi connectivity index (χ0n) is 13.5. The number of amides is 1. The fraction of sp³-hybridized carbons (Fsp3) is 0. The second kappa shape index (κ2) is 7.15. The highest BCUT2D eigenvalue weighted by atomic mass is 35.5. The molecule has 0 aliphatic heterocycles. The number of nitrogens with one attached hydrogen (secondary N) is 1. The molecule has 0 spiro atoms. The van der Waals surface area contributed by atoms with E-state index in [-0.39, 0.29) is 5.91 Å². The van der Waals surface area contributed by atoms with Crippen LogP contribution in [0.3, 0.4) is 0 Å². The van der Waals surface area contributed by atoms with Crippen LogP contribution in [0.1, 0.15) is 10.4 Å². The molecule has 0 saturated heterocycles. The van der Waals surface area contributed by atoms with E-state index in [0.29, 0.717) is 21.5 Å². The maximum absolute atomic E-state index is 12.4. The van der Waals surface area contributed by atoms with E-state index in [2.05, 4.69) is 10.3 Å². The Morgan fingerprint density at radius 1 is 0.962 bits per heavy atom. The van der Waals surface area contributed by atoms with Crippen molar-refractivity contribution in [3.05, 3.63) is 83.4 Å². The number of halogens is 1. The van der Waals surface area contributed by atoms with Crippen LogP contribution < -0.4 is 10.1 Å². The van der Waals surface area contributed by atoms with Crippen molar-refractivity contribution in [2.45, 2.75) is 0 Å². The molecule has 0 unspecified atom stereocenters. The number of ether oxygens (including phenoxy) is 1. The average molecular weight is 381 g/mol. The van der Waals surface area contributed by atoms with Gasteiger partial charge < -0.3 is 4.74 Å².